The van der Waals surface area contributed by atoms with Gasteiger partial charge in [-0.3, -0.25) is 4.99 Å². The molecule has 0 saturated carbocycles. The van der Waals surface area contributed by atoms with E-state index in [9.17, 15) is 0 Å². The molecule has 0 bridgehead atoms. The Kier molecular flexibility index (Phi) is 3.11. The molecule has 1 atom stereocenters. The predicted molar refractivity (Wildman–Crippen MR) is 77.4 cm³/mol. The number of nitrogens with zero attached hydrogens (tertiary/aromatic N) is 3. The minimum atomic E-state index is 0.443. The number of hydrogen-bond acceptors (Lipinski definition) is 4. The molecule has 100 valence electrons. The number of rotatable bonds is 3. The second kappa shape index (κ2) is 4.91. The Hall–Kier alpha value is -2.04. The number of fused-ring (bicyclic) bond motifs is 1. The summed E-state index contributed by atoms with van der Waals surface area (Å²) in [4.78, 5) is 8.95. The zero-order valence-corrected chi connectivity index (χ0v) is 11.3. The number of nitrogens with one attached hydrogen (secondary N) is 2. The van der Waals surface area contributed by atoms with Crippen LogP contribution < -0.4 is 10.6 Å². The molecule has 2 heterocycles. The summed E-state index contributed by atoms with van der Waals surface area (Å²) in [7, 11) is 0. The van der Waals surface area contributed by atoms with Crippen LogP contribution in [-0.4, -0.2) is 34.6 Å². The lowest BCUT2D eigenvalue weighted by atomic mass is 10.3. The fourth-order valence-electron chi connectivity index (χ4n) is 2.42. The van der Waals surface area contributed by atoms with Crippen LogP contribution in [0.5, 0.6) is 0 Å². The highest BCUT2D eigenvalue weighted by atomic mass is 15.2. The van der Waals surface area contributed by atoms with Gasteiger partial charge in [0.05, 0.1) is 17.6 Å². The van der Waals surface area contributed by atoms with E-state index in [0.29, 0.717) is 6.04 Å². The van der Waals surface area contributed by atoms with Crippen molar-refractivity contribution < 1.29 is 0 Å². The van der Waals surface area contributed by atoms with Crippen LogP contribution in [0.1, 0.15) is 12.7 Å². The molecule has 1 unspecified atom stereocenters. The Balaban J connectivity index is 1.67. The minimum Gasteiger partial charge on any atom is -0.355 e. The molecule has 1 aliphatic rings. The molecule has 5 heteroatoms. The van der Waals surface area contributed by atoms with Gasteiger partial charge in [0.15, 0.2) is 5.96 Å². The maximum absolute atomic E-state index is 4.56. The van der Waals surface area contributed by atoms with Crippen LogP contribution in [0.2, 0.25) is 0 Å². The van der Waals surface area contributed by atoms with Crippen molar-refractivity contribution >= 4 is 17.0 Å². The van der Waals surface area contributed by atoms with E-state index in [-0.39, 0.29) is 0 Å². The first-order valence-corrected chi connectivity index (χ1v) is 6.71. The van der Waals surface area contributed by atoms with Gasteiger partial charge in [-0.25, -0.2) is 4.98 Å². The second-order valence-electron chi connectivity index (χ2n) is 4.96. The molecule has 3 rings (SSSR count). The Morgan fingerprint density at radius 3 is 3.05 bits per heavy atom. The molecule has 19 heavy (non-hydrogen) atoms. The van der Waals surface area contributed by atoms with Crippen LogP contribution >= 0.6 is 0 Å². The fourth-order valence-corrected chi connectivity index (χ4v) is 2.42. The summed E-state index contributed by atoms with van der Waals surface area (Å²) in [5.41, 5.74) is 2.25. The fraction of sp³-hybridized carbons (Fsp3) is 0.429. The molecule has 1 aromatic heterocycles. The van der Waals surface area contributed by atoms with E-state index >= 15 is 0 Å². The van der Waals surface area contributed by atoms with E-state index in [4.69, 9.17) is 0 Å². The molecule has 0 aliphatic carbocycles. The molecule has 2 aromatic rings. The van der Waals surface area contributed by atoms with Crippen LogP contribution in [0.25, 0.3) is 11.0 Å². The van der Waals surface area contributed by atoms with E-state index < -0.39 is 0 Å². The third-order valence-corrected chi connectivity index (χ3v) is 3.38. The van der Waals surface area contributed by atoms with Crippen LogP contribution in [0.3, 0.4) is 0 Å². The standard InChI is InChI=1S/C14H19N5/c1-10-9-16-14(17-10)15-7-8-19-11(2)18-12-5-3-4-6-13(12)19/h3-6,10H,7-9H2,1-2H3,(H2,15,16,17). The topological polar surface area (TPSA) is 54.2 Å². The number of guanidine groups is 1. The van der Waals surface area contributed by atoms with Gasteiger partial charge in [0.1, 0.15) is 5.82 Å². The third-order valence-electron chi connectivity index (χ3n) is 3.38. The van der Waals surface area contributed by atoms with Crippen molar-refractivity contribution in [3.8, 4) is 0 Å². The van der Waals surface area contributed by atoms with Crippen molar-refractivity contribution in [2.24, 2.45) is 4.99 Å². The molecule has 0 fully saturated rings. The van der Waals surface area contributed by atoms with E-state index in [1.165, 1.54) is 5.52 Å². The molecule has 0 amide bonds. The van der Waals surface area contributed by atoms with Crippen molar-refractivity contribution in [1.82, 2.24) is 20.2 Å². The Morgan fingerprint density at radius 1 is 1.42 bits per heavy atom. The molecule has 0 spiro atoms. The number of aryl methyl sites for hydroxylation is 1. The van der Waals surface area contributed by atoms with Crippen LogP contribution in [0.4, 0.5) is 0 Å². The van der Waals surface area contributed by atoms with Gasteiger partial charge in [0.2, 0.25) is 0 Å². The van der Waals surface area contributed by atoms with Gasteiger partial charge in [-0.1, -0.05) is 12.1 Å². The van der Waals surface area contributed by atoms with Gasteiger partial charge in [-0.15, -0.1) is 0 Å². The van der Waals surface area contributed by atoms with Gasteiger partial charge in [-0.05, 0) is 26.0 Å². The lowest BCUT2D eigenvalue weighted by molar-refractivity contribution is 0.657. The van der Waals surface area contributed by atoms with Gasteiger partial charge in [0, 0.05) is 19.1 Å². The average Bonchev–Trinajstić information content (AvgIpc) is 2.94. The van der Waals surface area contributed by atoms with Gasteiger partial charge in [0.25, 0.3) is 0 Å². The monoisotopic (exact) mass is 257 g/mol. The second-order valence-corrected chi connectivity index (χ2v) is 4.96. The van der Waals surface area contributed by atoms with E-state index in [0.717, 1.165) is 36.9 Å². The van der Waals surface area contributed by atoms with Crippen LogP contribution in [0.15, 0.2) is 29.3 Å². The molecule has 2 N–H and O–H groups in total. The molecule has 0 radical (unpaired) electrons. The number of para-hydroxylation sites is 2. The molecule has 0 saturated heterocycles. The molecular weight excluding hydrogens is 238 g/mol. The lowest BCUT2D eigenvalue weighted by Gasteiger charge is -2.10. The highest BCUT2D eigenvalue weighted by Gasteiger charge is 2.12. The summed E-state index contributed by atoms with van der Waals surface area (Å²) in [5.74, 6) is 1.97. The van der Waals surface area contributed by atoms with Crippen molar-refractivity contribution in [1.29, 1.82) is 0 Å². The quantitative estimate of drug-likeness (QED) is 0.871. The van der Waals surface area contributed by atoms with E-state index in [1.54, 1.807) is 0 Å². The number of benzene rings is 1. The third kappa shape index (κ3) is 2.41. The van der Waals surface area contributed by atoms with Gasteiger partial charge in [-0.2, -0.15) is 0 Å². The summed E-state index contributed by atoms with van der Waals surface area (Å²) in [6.07, 6.45) is 0. The number of aliphatic imine (C=N–C) groups is 1. The Bertz CT molecular complexity index is 613. The summed E-state index contributed by atoms with van der Waals surface area (Å²) in [5, 5.41) is 6.63. The number of imidazole rings is 1. The van der Waals surface area contributed by atoms with Gasteiger partial charge < -0.3 is 15.2 Å². The molecule has 1 aromatic carbocycles. The lowest BCUT2D eigenvalue weighted by Crippen LogP contribution is -2.39. The predicted octanol–water partition coefficient (Wildman–Crippen LogP) is 1.28. The highest BCUT2D eigenvalue weighted by molar-refractivity contribution is 5.81. The molecule has 1 aliphatic heterocycles. The Morgan fingerprint density at radius 2 is 2.26 bits per heavy atom. The Labute approximate surface area is 112 Å². The number of aromatic nitrogens is 2. The van der Waals surface area contributed by atoms with Crippen molar-refractivity contribution in [2.75, 3.05) is 13.1 Å². The normalized spacial score (nSPS) is 18.4. The summed E-state index contributed by atoms with van der Waals surface area (Å²) < 4.78 is 2.24. The SMILES string of the molecule is Cc1nc2ccccc2n1CCNC1=NCC(C)N1. The minimum absolute atomic E-state index is 0.443. The maximum atomic E-state index is 4.56. The summed E-state index contributed by atoms with van der Waals surface area (Å²) in [6, 6.07) is 8.69. The first kappa shape index (κ1) is 12.0. The molecular formula is C14H19N5. The van der Waals surface area contributed by atoms with Crippen molar-refractivity contribution in [3.05, 3.63) is 30.1 Å². The first-order valence-electron chi connectivity index (χ1n) is 6.71. The zero-order chi connectivity index (χ0) is 13.2. The first-order chi connectivity index (χ1) is 9.24. The average molecular weight is 257 g/mol. The highest BCUT2D eigenvalue weighted by Crippen LogP contribution is 2.14. The summed E-state index contributed by atoms with van der Waals surface area (Å²) >= 11 is 0. The molecule has 5 nitrogen and oxygen atoms in total. The van der Waals surface area contributed by atoms with Crippen LogP contribution in [0, 0.1) is 6.92 Å². The smallest absolute Gasteiger partial charge is 0.191 e. The van der Waals surface area contributed by atoms with E-state index in [2.05, 4.69) is 50.3 Å². The van der Waals surface area contributed by atoms with E-state index in [1.807, 2.05) is 13.0 Å². The van der Waals surface area contributed by atoms with Gasteiger partial charge >= 0.3 is 0 Å². The van der Waals surface area contributed by atoms with Crippen LogP contribution in [-0.2, 0) is 6.54 Å². The zero-order valence-electron chi connectivity index (χ0n) is 11.3. The number of hydrogen-bond donors (Lipinski definition) is 2. The summed E-state index contributed by atoms with van der Waals surface area (Å²) in [6.45, 7) is 6.77. The maximum Gasteiger partial charge on any atom is 0.191 e. The van der Waals surface area contributed by atoms with Crippen molar-refractivity contribution in [3.63, 3.8) is 0 Å². The largest absolute Gasteiger partial charge is 0.355 e. The van der Waals surface area contributed by atoms with Crippen molar-refractivity contribution in [2.45, 2.75) is 26.4 Å².